The summed E-state index contributed by atoms with van der Waals surface area (Å²) in [5.74, 6) is 0.437. The Hall–Kier alpha value is -2.06. The number of carbonyl (C=O) groups is 1. The van der Waals surface area contributed by atoms with Crippen molar-refractivity contribution in [2.45, 2.75) is 50.3 Å². The number of ether oxygens (including phenoxy) is 1. The van der Waals surface area contributed by atoms with E-state index in [1.807, 2.05) is 17.0 Å². The smallest absolute Gasteiger partial charge is 0.268 e. The second kappa shape index (κ2) is 6.03. The van der Waals surface area contributed by atoms with Crippen molar-refractivity contribution < 1.29 is 14.6 Å². The average molecular weight is 360 g/mol. The molecule has 2 aromatic rings. The Morgan fingerprint density at radius 3 is 2.72 bits per heavy atom. The van der Waals surface area contributed by atoms with Gasteiger partial charge in [-0.3, -0.25) is 4.79 Å². The molecule has 0 unspecified atom stereocenters. The van der Waals surface area contributed by atoms with E-state index in [1.54, 1.807) is 20.2 Å². The number of fused-ring (bicyclic) bond motifs is 2. The van der Waals surface area contributed by atoms with Crippen LogP contribution in [0.15, 0.2) is 18.3 Å². The van der Waals surface area contributed by atoms with E-state index in [0.717, 1.165) is 24.4 Å². The summed E-state index contributed by atoms with van der Waals surface area (Å²) in [7, 11) is 1.56. The molecule has 1 amide bonds. The molecule has 2 bridgehead atoms. The number of aliphatic hydroxyl groups is 1. The van der Waals surface area contributed by atoms with Crippen molar-refractivity contribution in [2.75, 3.05) is 7.11 Å². The van der Waals surface area contributed by atoms with E-state index < -0.39 is 5.60 Å². The zero-order valence-electron chi connectivity index (χ0n) is 14.2. The van der Waals surface area contributed by atoms with Gasteiger partial charge < -0.3 is 14.7 Å². The number of aryl methyl sites for hydroxylation is 1. The summed E-state index contributed by atoms with van der Waals surface area (Å²) < 4.78 is 9.21. The molecule has 2 atom stereocenters. The number of amides is 1. The highest BCUT2D eigenvalue weighted by Crippen LogP contribution is 2.48. The van der Waals surface area contributed by atoms with Gasteiger partial charge in [0.05, 0.1) is 18.4 Å². The van der Waals surface area contributed by atoms with Gasteiger partial charge in [-0.1, -0.05) is 4.49 Å². The monoisotopic (exact) mass is 360 g/mol. The molecule has 25 heavy (non-hydrogen) atoms. The molecular formula is C17H20N4O3S. The maximum atomic E-state index is 13.0. The van der Waals surface area contributed by atoms with Gasteiger partial charge in [-0.2, -0.15) is 0 Å². The molecule has 0 radical (unpaired) electrons. The molecule has 0 saturated carbocycles. The molecule has 2 aliphatic heterocycles. The quantitative estimate of drug-likeness (QED) is 0.899. The molecule has 4 rings (SSSR count). The summed E-state index contributed by atoms with van der Waals surface area (Å²) in [5, 5.41) is 15.3. The number of aromatic nitrogens is 3. The maximum Gasteiger partial charge on any atom is 0.268 e. The zero-order valence-corrected chi connectivity index (χ0v) is 15.0. The van der Waals surface area contributed by atoms with Crippen molar-refractivity contribution in [1.82, 2.24) is 19.5 Å². The number of nitrogens with zero attached hydrogens (tertiary/aromatic N) is 4. The first-order valence-corrected chi connectivity index (χ1v) is 9.14. The first kappa shape index (κ1) is 16.4. The van der Waals surface area contributed by atoms with E-state index in [2.05, 4.69) is 14.6 Å². The number of hydrogen-bond donors (Lipinski definition) is 1. The molecule has 2 aliphatic rings. The van der Waals surface area contributed by atoms with E-state index in [9.17, 15) is 9.90 Å². The lowest BCUT2D eigenvalue weighted by Gasteiger charge is -2.44. The summed E-state index contributed by atoms with van der Waals surface area (Å²) in [4.78, 5) is 19.7. The molecule has 0 aliphatic carbocycles. The van der Waals surface area contributed by atoms with E-state index in [4.69, 9.17) is 4.74 Å². The third-order valence-corrected chi connectivity index (χ3v) is 6.13. The molecule has 0 aromatic carbocycles. The van der Waals surface area contributed by atoms with Gasteiger partial charge in [-0.05, 0) is 43.4 Å². The summed E-state index contributed by atoms with van der Waals surface area (Å²) in [6.07, 6.45) is 4.42. The minimum atomic E-state index is -1.02. The highest BCUT2D eigenvalue weighted by molar-refractivity contribution is 7.07. The van der Waals surface area contributed by atoms with Crippen LogP contribution in [0.2, 0.25) is 0 Å². The third-order valence-electron chi connectivity index (χ3n) is 5.31. The van der Waals surface area contributed by atoms with Crippen molar-refractivity contribution in [2.24, 2.45) is 0 Å². The fourth-order valence-electron chi connectivity index (χ4n) is 4.23. The number of piperidine rings is 1. The largest absolute Gasteiger partial charge is 0.481 e. The second-order valence-electron chi connectivity index (χ2n) is 6.78. The van der Waals surface area contributed by atoms with Crippen molar-refractivity contribution >= 4 is 17.4 Å². The van der Waals surface area contributed by atoms with E-state index in [-0.39, 0.29) is 18.0 Å². The van der Waals surface area contributed by atoms with Crippen LogP contribution in [-0.4, -0.2) is 49.7 Å². The normalized spacial score (nSPS) is 28.2. The molecule has 8 heteroatoms. The Labute approximate surface area is 149 Å². The van der Waals surface area contributed by atoms with Crippen LogP contribution in [0.4, 0.5) is 0 Å². The first-order chi connectivity index (χ1) is 12.0. The maximum absolute atomic E-state index is 13.0. The first-order valence-electron chi connectivity index (χ1n) is 8.37. The molecule has 4 heterocycles. The van der Waals surface area contributed by atoms with Crippen LogP contribution >= 0.6 is 11.5 Å². The second-order valence-corrected chi connectivity index (χ2v) is 7.54. The van der Waals surface area contributed by atoms with Gasteiger partial charge in [0.25, 0.3) is 5.91 Å². The molecule has 2 aromatic heterocycles. The fraction of sp³-hybridized carbons (Fsp3) is 0.529. The number of rotatable bonds is 3. The van der Waals surface area contributed by atoms with Crippen LogP contribution in [0.5, 0.6) is 5.88 Å². The molecule has 2 fully saturated rings. The lowest BCUT2D eigenvalue weighted by atomic mass is 9.80. The van der Waals surface area contributed by atoms with Gasteiger partial charge in [0.2, 0.25) is 5.88 Å². The van der Waals surface area contributed by atoms with Crippen LogP contribution < -0.4 is 4.74 Å². The number of methoxy groups -OCH3 is 1. The van der Waals surface area contributed by atoms with Crippen LogP contribution in [0, 0.1) is 6.92 Å². The Balaban J connectivity index is 1.64. The van der Waals surface area contributed by atoms with Crippen molar-refractivity contribution in [3.05, 3.63) is 34.5 Å². The van der Waals surface area contributed by atoms with Gasteiger partial charge in [0.15, 0.2) is 0 Å². The Morgan fingerprint density at radius 2 is 2.12 bits per heavy atom. The molecule has 2 saturated heterocycles. The fourth-order valence-corrected chi connectivity index (χ4v) is 4.83. The average Bonchev–Trinajstić information content (AvgIpc) is 3.16. The Kier molecular flexibility index (Phi) is 3.96. The van der Waals surface area contributed by atoms with Crippen molar-refractivity contribution in [1.29, 1.82) is 0 Å². The van der Waals surface area contributed by atoms with Crippen molar-refractivity contribution in [3.63, 3.8) is 0 Å². The van der Waals surface area contributed by atoms with E-state index in [0.29, 0.717) is 34.9 Å². The summed E-state index contributed by atoms with van der Waals surface area (Å²) >= 11 is 1.14. The Morgan fingerprint density at radius 1 is 1.40 bits per heavy atom. The van der Waals surface area contributed by atoms with Gasteiger partial charge in [0, 0.05) is 36.7 Å². The lowest BCUT2D eigenvalue weighted by Crippen LogP contribution is -2.52. The summed E-state index contributed by atoms with van der Waals surface area (Å²) in [6, 6.07) is 3.67. The summed E-state index contributed by atoms with van der Waals surface area (Å²) in [6.45, 7) is 1.80. The predicted octanol–water partition coefficient (Wildman–Crippen LogP) is 1.90. The van der Waals surface area contributed by atoms with Crippen LogP contribution in [0.1, 0.15) is 46.6 Å². The number of pyridine rings is 1. The van der Waals surface area contributed by atoms with Crippen LogP contribution in [0.25, 0.3) is 0 Å². The predicted molar refractivity (Wildman–Crippen MR) is 91.5 cm³/mol. The zero-order chi connectivity index (χ0) is 17.6. The van der Waals surface area contributed by atoms with Crippen LogP contribution in [-0.2, 0) is 5.60 Å². The minimum Gasteiger partial charge on any atom is -0.481 e. The molecule has 0 spiro atoms. The standard InChI is InChI=1S/C17H20N4O3S/c1-10-14(25-20-19-10)16(22)21-11-5-6-12(21)9-17(23,8-11)13-4-3-7-18-15(13)24-2/h3-4,7,11-12,23H,5-6,8-9H2,1-2H3/t11-,12-/m1/s1. The van der Waals surface area contributed by atoms with Gasteiger partial charge in [-0.15, -0.1) is 5.10 Å². The van der Waals surface area contributed by atoms with Gasteiger partial charge in [0.1, 0.15) is 4.88 Å². The number of carbonyl (C=O) groups excluding carboxylic acids is 1. The molecule has 7 nitrogen and oxygen atoms in total. The highest BCUT2D eigenvalue weighted by atomic mass is 32.1. The van der Waals surface area contributed by atoms with Crippen LogP contribution in [0.3, 0.4) is 0 Å². The Bertz CT molecular complexity index is 795. The highest BCUT2D eigenvalue weighted by Gasteiger charge is 2.51. The minimum absolute atomic E-state index is 0.00247. The SMILES string of the molecule is COc1ncccc1C1(O)C[C@H]2CC[C@H](C1)N2C(=O)c1snnc1C. The summed E-state index contributed by atoms with van der Waals surface area (Å²) in [5.41, 5.74) is 0.352. The van der Waals surface area contributed by atoms with Gasteiger partial charge in [-0.25, -0.2) is 4.98 Å². The third kappa shape index (κ3) is 2.60. The van der Waals surface area contributed by atoms with E-state index in [1.165, 1.54) is 0 Å². The van der Waals surface area contributed by atoms with Gasteiger partial charge >= 0.3 is 0 Å². The number of hydrogen-bond acceptors (Lipinski definition) is 7. The lowest BCUT2D eigenvalue weighted by molar-refractivity contribution is -0.0493. The topological polar surface area (TPSA) is 88.4 Å². The molecule has 1 N–H and O–H groups in total. The van der Waals surface area contributed by atoms with E-state index >= 15 is 0 Å². The molecule has 132 valence electrons. The molecular weight excluding hydrogens is 340 g/mol. The van der Waals surface area contributed by atoms with Crippen molar-refractivity contribution in [3.8, 4) is 5.88 Å².